The van der Waals surface area contributed by atoms with Crippen LogP contribution in [-0.2, 0) is 4.79 Å². The Kier molecular flexibility index (Phi) is 2.87. The zero-order valence-corrected chi connectivity index (χ0v) is 7.02. The Morgan fingerprint density at radius 1 is 1.43 bits per heavy atom. The molecule has 0 amide bonds. The minimum Gasteiger partial charge on any atom is -0.507 e. The molecule has 0 radical (unpaired) electrons. The average molecular weight is 190 g/mol. The van der Waals surface area contributed by atoms with E-state index in [0.29, 0.717) is 6.29 Å². The van der Waals surface area contributed by atoms with Crippen LogP contribution in [-0.4, -0.2) is 22.5 Å². The van der Waals surface area contributed by atoms with E-state index in [1.807, 2.05) is 0 Å². The monoisotopic (exact) mass is 190 g/mol. The summed E-state index contributed by atoms with van der Waals surface area (Å²) in [5.41, 5.74) is 0.134. The van der Waals surface area contributed by atoms with Crippen molar-refractivity contribution in [3.8, 4) is 17.6 Å². The standard InChI is InChI=1S/C10H6O4/c11-5-1-2-7-6-8(10(13)14)3-4-9(7)12/h3-6,12H,(H,13,14). The minimum atomic E-state index is -1.11. The molecular formula is C10H6O4. The molecule has 0 bridgehead atoms. The second kappa shape index (κ2) is 4.10. The molecule has 0 aliphatic heterocycles. The molecule has 4 heteroatoms. The molecule has 0 unspecified atom stereocenters. The molecule has 0 aromatic heterocycles. The second-order valence-electron chi connectivity index (χ2n) is 2.42. The summed E-state index contributed by atoms with van der Waals surface area (Å²) in [7, 11) is 0. The molecule has 1 aromatic rings. The number of aldehydes is 1. The summed E-state index contributed by atoms with van der Waals surface area (Å²) in [4.78, 5) is 20.5. The summed E-state index contributed by atoms with van der Waals surface area (Å²) in [5.74, 6) is 3.15. The number of phenols is 1. The number of rotatable bonds is 1. The molecule has 0 spiro atoms. The Morgan fingerprint density at radius 2 is 2.14 bits per heavy atom. The largest absolute Gasteiger partial charge is 0.507 e. The fourth-order valence-electron chi connectivity index (χ4n) is 0.876. The highest BCUT2D eigenvalue weighted by Crippen LogP contribution is 2.17. The number of hydrogen-bond donors (Lipinski definition) is 2. The lowest BCUT2D eigenvalue weighted by Gasteiger charge is -1.98. The Morgan fingerprint density at radius 3 is 2.71 bits per heavy atom. The van der Waals surface area contributed by atoms with Gasteiger partial charge in [-0.25, -0.2) is 4.79 Å². The van der Waals surface area contributed by atoms with Gasteiger partial charge in [0.1, 0.15) is 5.75 Å². The van der Waals surface area contributed by atoms with E-state index in [9.17, 15) is 14.7 Å². The van der Waals surface area contributed by atoms with Gasteiger partial charge in [-0.15, -0.1) is 0 Å². The van der Waals surface area contributed by atoms with Crippen molar-refractivity contribution in [3.05, 3.63) is 29.3 Å². The maximum absolute atomic E-state index is 10.5. The number of benzene rings is 1. The van der Waals surface area contributed by atoms with E-state index in [4.69, 9.17) is 5.11 Å². The molecule has 0 heterocycles. The average Bonchev–Trinajstić information content (AvgIpc) is 2.16. The van der Waals surface area contributed by atoms with Gasteiger partial charge in [0.25, 0.3) is 0 Å². The van der Waals surface area contributed by atoms with Gasteiger partial charge in [-0.1, -0.05) is 5.92 Å². The molecule has 0 saturated heterocycles. The fraction of sp³-hybridized carbons (Fsp3) is 0. The van der Waals surface area contributed by atoms with Crippen molar-refractivity contribution < 1.29 is 19.8 Å². The predicted octanol–water partition coefficient (Wildman–Crippen LogP) is 0.641. The molecule has 1 aromatic carbocycles. The summed E-state index contributed by atoms with van der Waals surface area (Å²) in [6, 6.07) is 3.68. The maximum Gasteiger partial charge on any atom is 0.335 e. The topological polar surface area (TPSA) is 74.6 Å². The summed E-state index contributed by atoms with van der Waals surface area (Å²) >= 11 is 0. The lowest BCUT2D eigenvalue weighted by Crippen LogP contribution is -1.96. The van der Waals surface area contributed by atoms with Gasteiger partial charge in [-0.05, 0) is 24.1 Å². The number of carboxylic acid groups (broad SMARTS) is 1. The Labute approximate surface area is 79.8 Å². The summed E-state index contributed by atoms with van der Waals surface area (Å²) < 4.78 is 0. The van der Waals surface area contributed by atoms with Crippen LogP contribution in [0, 0.1) is 11.8 Å². The zero-order valence-electron chi connectivity index (χ0n) is 7.02. The Bertz CT molecular complexity index is 437. The van der Waals surface area contributed by atoms with Crippen molar-refractivity contribution >= 4 is 12.3 Å². The molecule has 70 valence electrons. The van der Waals surface area contributed by atoms with Gasteiger partial charge in [-0.3, -0.25) is 4.79 Å². The van der Waals surface area contributed by atoms with Gasteiger partial charge in [0.15, 0.2) is 6.29 Å². The lowest BCUT2D eigenvalue weighted by atomic mass is 10.1. The first-order valence-corrected chi connectivity index (χ1v) is 3.66. The molecule has 4 nitrogen and oxygen atoms in total. The SMILES string of the molecule is O=CC#Cc1cc(C(=O)O)ccc1O. The third kappa shape index (κ3) is 2.11. The van der Waals surface area contributed by atoms with Crippen LogP contribution in [0.1, 0.15) is 15.9 Å². The first kappa shape index (κ1) is 9.81. The van der Waals surface area contributed by atoms with Gasteiger partial charge in [0, 0.05) is 0 Å². The van der Waals surface area contributed by atoms with E-state index in [1.165, 1.54) is 18.2 Å². The highest BCUT2D eigenvalue weighted by Gasteiger charge is 2.05. The molecule has 0 atom stereocenters. The van der Waals surface area contributed by atoms with Crippen molar-refractivity contribution in [1.82, 2.24) is 0 Å². The van der Waals surface area contributed by atoms with E-state index in [-0.39, 0.29) is 16.9 Å². The molecule has 0 fully saturated rings. The molecular weight excluding hydrogens is 184 g/mol. The summed E-state index contributed by atoms with van der Waals surface area (Å²) in [6.07, 6.45) is 0.368. The number of carboxylic acids is 1. The quantitative estimate of drug-likeness (QED) is 0.503. The van der Waals surface area contributed by atoms with Gasteiger partial charge in [0.05, 0.1) is 11.1 Å². The number of hydrogen-bond acceptors (Lipinski definition) is 3. The summed E-state index contributed by atoms with van der Waals surface area (Å²) in [6.45, 7) is 0. The molecule has 2 N–H and O–H groups in total. The van der Waals surface area contributed by atoms with Crippen LogP contribution in [0.4, 0.5) is 0 Å². The van der Waals surface area contributed by atoms with Gasteiger partial charge in [-0.2, -0.15) is 0 Å². The normalized spacial score (nSPS) is 8.57. The number of aromatic hydroxyl groups is 1. The lowest BCUT2D eigenvalue weighted by molar-refractivity contribution is -0.103. The molecule has 0 aliphatic carbocycles. The van der Waals surface area contributed by atoms with E-state index in [0.717, 1.165) is 0 Å². The van der Waals surface area contributed by atoms with Crippen LogP contribution < -0.4 is 0 Å². The van der Waals surface area contributed by atoms with Crippen LogP contribution in [0.3, 0.4) is 0 Å². The first-order valence-electron chi connectivity index (χ1n) is 3.66. The zero-order chi connectivity index (χ0) is 10.6. The minimum absolute atomic E-state index is 0.0120. The van der Waals surface area contributed by atoms with Crippen LogP contribution in [0.25, 0.3) is 0 Å². The van der Waals surface area contributed by atoms with Crippen LogP contribution >= 0.6 is 0 Å². The van der Waals surface area contributed by atoms with Crippen molar-refractivity contribution in [1.29, 1.82) is 0 Å². The van der Waals surface area contributed by atoms with Crippen molar-refractivity contribution in [2.45, 2.75) is 0 Å². The molecule has 1 rings (SSSR count). The van der Waals surface area contributed by atoms with E-state index < -0.39 is 5.97 Å². The number of aromatic carboxylic acids is 1. The van der Waals surface area contributed by atoms with Crippen molar-refractivity contribution in [2.75, 3.05) is 0 Å². The van der Waals surface area contributed by atoms with Crippen LogP contribution in [0.15, 0.2) is 18.2 Å². The van der Waals surface area contributed by atoms with Gasteiger partial charge < -0.3 is 10.2 Å². The number of carbonyl (C=O) groups is 2. The number of phenolic OH excluding ortho intramolecular Hbond substituents is 1. The predicted molar refractivity (Wildman–Crippen MR) is 48.0 cm³/mol. The molecule has 0 saturated carbocycles. The smallest absolute Gasteiger partial charge is 0.335 e. The third-order valence-electron chi connectivity index (χ3n) is 1.51. The van der Waals surface area contributed by atoms with E-state index in [2.05, 4.69) is 11.8 Å². The van der Waals surface area contributed by atoms with E-state index in [1.54, 1.807) is 0 Å². The Hall–Kier alpha value is -2.28. The first-order chi connectivity index (χ1) is 6.65. The fourth-order valence-corrected chi connectivity index (χ4v) is 0.876. The van der Waals surface area contributed by atoms with E-state index >= 15 is 0 Å². The molecule has 0 aliphatic rings. The Balaban J connectivity index is 3.21. The maximum atomic E-state index is 10.5. The molecule has 14 heavy (non-hydrogen) atoms. The van der Waals surface area contributed by atoms with Crippen molar-refractivity contribution in [3.63, 3.8) is 0 Å². The highest BCUT2D eigenvalue weighted by molar-refractivity contribution is 5.88. The van der Waals surface area contributed by atoms with Gasteiger partial charge in [0.2, 0.25) is 0 Å². The summed E-state index contributed by atoms with van der Waals surface area (Å²) in [5, 5.41) is 17.9. The van der Waals surface area contributed by atoms with Crippen molar-refractivity contribution in [2.24, 2.45) is 0 Å². The van der Waals surface area contributed by atoms with Crippen LogP contribution in [0.2, 0.25) is 0 Å². The van der Waals surface area contributed by atoms with Gasteiger partial charge >= 0.3 is 5.97 Å². The number of carbonyl (C=O) groups excluding carboxylic acids is 1. The second-order valence-corrected chi connectivity index (χ2v) is 2.42. The van der Waals surface area contributed by atoms with Crippen LogP contribution in [0.5, 0.6) is 5.75 Å². The highest BCUT2D eigenvalue weighted by atomic mass is 16.4. The third-order valence-corrected chi connectivity index (χ3v) is 1.51.